The molecule has 0 saturated carbocycles. The molecule has 1 aromatic rings. The molecule has 0 amide bonds. The fraction of sp³-hybridized carbons (Fsp3) is 0.571. The first-order valence-corrected chi connectivity index (χ1v) is 10.9. The van der Waals surface area contributed by atoms with Crippen LogP contribution in [0.2, 0.25) is 0 Å². The summed E-state index contributed by atoms with van der Waals surface area (Å²) >= 11 is 0. The zero-order valence-corrected chi connectivity index (χ0v) is 14.4. The lowest BCUT2D eigenvalue weighted by Crippen LogP contribution is -2.15. The van der Waals surface area contributed by atoms with E-state index in [-0.39, 0.29) is 11.5 Å². The maximum atomic E-state index is 12.5. The molecule has 0 spiro atoms. The topological polar surface area (TPSA) is 43.4 Å². The molecule has 0 saturated heterocycles. The summed E-state index contributed by atoms with van der Waals surface area (Å²) in [5, 5.41) is 0. The molecule has 0 heterocycles. The van der Waals surface area contributed by atoms with Crippen molar-refractivity contribution >= 4 is 20.4 Å². The summed E-state index contributed by atoms with van der Waals surface area (Å²) < 4.78 is 66.4. The third-order valence-corrected chi connectivity index (χ3v) is 6.95. The van der Waals surface area contributed by atoms with Gasteiger partial charge in [0.1, 0.15) is 0 Å². The summed E-state index contributed by atoms with van der Waals surface area (Å²) in [6.07, 6.45) is 0.276. The largest absolute Gasteiger partial charge is 0.416 e. The first-order chi connectivity index (χ1) is 9.95. The van der Waals surface area contributed by atoms with Crippen molar-refractivity contribution in [2.75, 3.05) is 18.3 Å². The molecule has 0 atom stereocenters. The van der Waals surface area contributed by atoms with Crippen LogP contribution in [0, 0.1) is 0 Å². The van der Waals surface area contributed by atoms with E-state index in [1.807, 2.05) is 6.92 Å². The Labute approximate surface area is 131 Å². The summed E-state index contributed by atoms with van der Waals surface area (Å²) in [6, 6.07) is 4.71. The maximum Gasteiger partial charge on any atom is 0.416 e. The molecule has 22 heavy (non-hydrogen) atoms. The molecule has 128 valence electrons. The van der Waals surface area contributed by atoms with Crippen molar-refractivity contribution in [3.63, 3.8) is 0 Å². The van der Waals surface area contributed by atoms with Crippen LogP contribution in [0.15, 0.2) is 24.3 Å². The van der Waals surface area contributed by atoms with Gasteiger partial charge >= 0.3 is 6.18 Å². The second kappa shape index (κ2) is 7.23. The van der Waals surface area contributed by atoms with E-state index >= 15 is 0 Å². The van der Waals surface area contributed by atoms with E-state index in [1.54, 1.807) is 12.5 Å². The lowest BCUT2D eigenvalue weighted by Gasteiger charge is -2.30. The smallest absolute Gasteiger partial charge is 0.220 e. The lowest BCUT2D eigenvalue weighted by atomic mass is 10.1. The molecular formula is C14H21F3O3S2. The zero-order chi connectivity index (χ0) is 17.0. The van der Waals surface area contributed by atoms with Crippen LogP contribution < -0.4 is 0 Å². The van der Waals surface area contributed by atoms with Crippen molar-refractivity contribution in [2.24, 2.45) is 0 Å². The summed E-state index contributed by atoms with van der Waals surface area (Å²) in [7, 11) is -5.54. The molecule has 0 unspecified atom stereocenters. The standard InChI is InChI=1S/C14H21F3O3S2/c1-4-5-10-22(18,19)20-21(2,3)11-12-6-8-13(9-7-12)14(15,16)17/h6-9H,4-5,10-11H2,1-3H3. The number of rotatable bonds is 7. The predicted octanol–water partition coefficient (Wildman–Crippen LogP) is 4.33. The van der Waals surface area contributed by atoms with Crippen LogP contribution in [-0.2, 0) is 25.7 Å². The zero-order valence-electron chi connectivity index (χ0n) is 12.8. The van der Waals surface area contributed by atoms with Gasteiger partial charge in [-0.15, -0.1) is 10.3 Å². The van der Waals surface area contributed by atoms with Gasteiger partial charge in [-0.05, 0) is 36.6 Å². The highest BCUT2D eigenvalue weighted by atomic mass is 32.3. The summed E-state index contributed by atoms with van der Waals surface area (Å²) in [5.74, 6) is 0.253. The Balaban J connectivity index is 2.76. The van der Waals surface area contributed by atoms with Crippen molar-refractivity contribution in [1.29, 1.82) is 0 Å². The summed E-state index contributed by atoms with van der Waals surface area (Å²) in [5.41, 5.74) is -0.0979. The van der Waals surface area contributed by atoms with E-state index in [1.165, 1.54) is 12.1 Å². The van der Waals surface area contributed by atoms with E-state index in [0.717, 1.165) is 18.6 Å². The van der Waals surface area contributed by atoms with E-state index < -0.39 is 32.2 Å². The number of hydrogen-bond donors (Lipinski definition) is 0. The molecule has 0 N–H and O–H groups in total. The van der Waals surface area contributed by atoms with Crippen LogP contribution in [0.4, 0.5) is 13.2 Å². The molecule has 1 aromatic carbocycles. The number of benzene rings is 1. The second-order valence-corrected chi connectivity index (χ2v) is 10.7. The number of unbranched alkanes of at least 4 members (excludes halogenated alkanes) is 1. The van der Waals surface area contributed by atoms with Gasteiger partial charge in [0.05, 0.1) is 11.3 Å². The van der Waals surface area contributed by atoms with Crippen LogP contribution in [0.5, 0.6) is 0 Å². The van der Waals surface area contributed by atoms with Crippen molar-refractivity contribution < 1.29 is 25.2 Å². The van der Waals surface area contributed by atoms with Crippen LogP contribution in [0.3, 0.4) is 0 Å². The number of halogens is 3. The van der Waals surface area contributed by atoms with Crippen molar-refractivity contribution in [2.45, 2.75) is 31.7 Å². The van der Waals surface area contributed by atoms with Crippen molar-refractivity contribution in [1.82, 2.24) is 0 Å². The molecule has 0 aliphatic rings. The van der Waals surface area contributed by atoms with Crippen molar-refractivity contribution in [3.8, 4) is 0 Å². The highest BCUT2D eigenvalue weighted by Crippen LogP contribution is 2.46. The minimum Gasteiger partial charge on any atom is -0.220 e. The van der Waals surface area contributed by atoms with Gasteiger partial charge in [-0.25, -0.2) is 3.63 Å². The Morgan fingerprint density at radius 1 is 1.09 bits per heavy atom. The van der Waals surface area contributed by atoms with Crippen LogP contribution in [0.1, 0.15) is 30.9 Å². The Bertz CT molecular complexity index is 578. The molecule has 0 radical (unpaired) electrons. The molecule has 3 nitrogen and oxygen atoms in total. The average molecular weight is 358 g/mol. The number of hydrogen-bond acceptors (Lipinski definition) is 3. The lowest BCUT2D eigenvalue weighted by molar-refractivity contribution is -0.137. The Kier molecular flexibility index (Phi) is 6.35. The maximum absolute atomic E-state index is 12.5. The summed E-state index contributed by atoms with van der Waals surface area (Å²) in [6.45, 7) is 1.88. The Hall–Kier alpha value is -0.730. The van der Waals surface area contributed by atoms with Crippen LogP contribution in [-0.4, -0.2) is 26.7 Å². The average Bonchev–Trinajstić information content (AvgIpc) is 2.34. The number of alkyl halides is 3. The van der Waals surface area contributed by atoms with Crippen LogP contribution >= 0.6 is 10.3 Å². The molecule has 0 aliphatic heterocycles. The highest BCUT2D eigenvalue weighted by molar-refractivity contribution is 8.31. The first-order valence-electron chi connectivity index (χ1n) is 6.76. The van der Waals surface area contributed by atoms with Gasteiger partial charge in [0.25, 0.3) is 10.1 Å². The van der Waals surface area contributed by atoms with Gasteiger partial charge < -0.3 is 0 Å². The minimum absolute atomic E-state index is 0.0348. The third kappa shape index (κ3) is 6.58. The molecule has 0 aromatic heterocycles. The normalized spacial score (nSPS) is 14.1. The van der Waals surface area contributed by atoms with Crippen molar-refractivity contribution in [3.05, 3.63) is 35.4 Å². The fourth-order valence-corrected chi connectivity index (χ4v) is 6.20. The SMILES string of the molecule is CCCCS(=O)(=O)OS(C)(C)Cc1ccc(C(F)(F)F)cc1. The van der Waals surface area contributed by atoms with E-state index in [0.29, 0.717) is 12.0 Å². The Morgan fingerprint density at radius 2 is 1.64 bits per heavy atom. The molecule has 0 bridgehead atoms. The van der Waals surface area contributed by atoms with Gasteiger partial charge in [0, 0.05) is 5.75 Å². The van der Waals surface area contributed by atoms with Crippen LogP contribution in [0.25, 0.3) is 0 Å². The van der Waals surface area contributed by atoms with Gasteiger partial charge in [-0.1, -0.05) is 25.5 Å². The third-order valence-electron chi connectivity index (χ3n) is 2.83. The Morgan fingerprint density at radius 3 is 2.09 bits per heavy atom. The second-order valence-electron chi connectivity index (χ2n) is 5.46. The van der Waals surface area contributed by atoms with E-state index in [9.17, 15) is 21.6 Å². The summed E-state index contributed by atoms with van der Waals surface area (Å²) in [4.78, 5) is 0. The molecule has 0 aliphatic carbocycles. The molecule has 1 rings (SSSR count). The highest BCUT2D eigenvalue weighted by Gasteiger charge is 2.30. The molecular weight excluding hydrogens is 337 g/mol. The van der Waals surface area contributed by atoms with Gasteiger partial charge in [0.15, 0.2) is 0 Å². The monoisotopic (exact) mass is 358 g/mol. The molecule has 8 heteroatoms. The first kappa shape index (κ1) is 19.3. The van der Waals surface area contributed by atoms with E-state index in [4.69, 9.17) is 3.63 Å². The minimum atomic E-state index is -4.37. The fourth-order valence-electron chi connectivity index (χ4n) is 1.85. The molecule has 0 fully saturated rings. The van der Waals surface area contributed by atoms with Gasteiger partial charge in [-0.3, -0.25) is 0 Å². The van der Waals surface area contributed by atoms with Gasteiger partial charge in [0.2, 0.25) is 0 Å². The van der Waals surface area contributed by atoms with Gasteiger partial charge in [-0.2, -0.15) is 21.6 Å². The quantitative estimate of drug-likeness (QED) is 0.729. The van der Waals surface area contributed by atoms with E-state index in [2.05, 4.69) is 0 Å². The predicted molar refractivity (Wildman–Crippen MR) is 84.4 cm³/mol.